The molecule has 4 heteroatoms. The number of aromatic nitrogens is 1. The lowest BCUT2D eigenvalue weighted by Gasteiger charge is -2.32. The number of fused-ring (bicyclic) bond motifs is 1. The molecule has 0 spiro atoms. The van der Waals surface area contributed by atoms with Gasteiger partial charge in [-0.3, -0.25) is 4.98 Å². The maximum absolute atomic E-state index is 6.12. The first-order valence-electron chi connectivity index (χ1n) is 9.50. The van der Waals surface area contributed by atoms with E-state index < -0.39 is 0 Å². The third kappa shape index (κ3) is 2.99. The lowest BCUT2D eigenvalue weighted by atomic mass is 9.80. The summed E-state index contributed by atoms with van der Waals surface area (Å²) in [4.78, 5) is 4.69. The van der Waals surface area contributed by atoms with Gasteiger partial charge in [-0.25, -0.2) is 0 Å². The van der Waals surface area contributed by atoms with Crippen molar-refractivity contribution in [2.24, 2.45) is 5.41 Å². The van der Waals surface area contributed by atoms with Gasteiger partial charge < -0.3 is 9.31 Å². The van der Waals surface area contributed by atoms with Crippen LogP contribution in [0.15, 0.2) is 36.5 Å². The Morgan fingerprint density at radius 1 is 0.846 bits per heavy atom. The molecule has 0 bridgehead atoms. The minimum Gasteiger partial charge on any atom is -0.399 e. The van der Waals surface area contributed by atoms with Crippen LogP contribution in [0.1, 0.15) is 52.7 Å². The molecule has 2 aliphatic rings. The molecule has 0 saturated carbocycles. The summed E-state index contributed by atoms with van der Waals surface area (Å²) in [6.07, 6.45) is 4.19. The van der Waals surface area contributed by atoms with E-state index in [-0.39, 0.29) is 18.3 Å². The Labute approximate surface area is 157 Å². The number of nitrogens with zero attached hydrogens (tertiary/aromatic N) is 1. The fraction of sp³-hybridized carbons (Fsp3) is 0.500. The van der Waals surface area contributed by atoms with Crippen LogP contribution < -0.4 is 5.46 Å². The fourth-order valence-electron chi connectivity index (χ4n) is 3.91. The summed E-state index contributed by atoms with van der Waals surface area (Å²) < 4.78 is 12.2. The van der Waals surface area contributed by atoms with Crippen LogP contribution in [0, 0.1) is 5.41 Å². The van der Waals surface area contributed by atoms with E-state index in [1.807, 2.05) is 6.20 Å². The van der Waals surface area contributed by atoms with Crippen LogP contribution in [0.25, 0.3) is 11.3 Å². The molecule has 2 heterocycles. The van der Waals surface area contributed by atoms with Gasteiger partial charge in [0.05, 0.1) is 16.9 Å². The van der Waals surface area contributed by atoms with E-state index in [2.05, 4.69) is 71.9 Å². The SMILES string of the molecule is CC1(C)Cc2ccc(-c3ccc(B4OC(C)(C)C(C)(C)O4)cn3)cc2C1. The quantitative estimate of drug-likeness (QED) is 0.763. The molecular weight excluding hydrogens is 321 g/mol. The average Bonchev–Trinajstić information content (AvgIpc) is 2.97. The topological polar surface area (TPSA) is 31.4 Å². The zero-order valence-electron chi connectivity index (χ0n) is 16.7. The molecule has 1 aromatic heterocycles. The second-order valence-corrected chi connectivity index (χ2v) is 9.57. The molecule has 1 aromatic carbocycles. The first kappa shape index (κ1) is 17.8. The van der Waals surface area contributed by atoms with Crippen molar-refractivity contribution < 1.29 is 9.31 Å². The minimum absolute atomic E-state index is 0.330. The van der Waals surface area contributed by atoms with Crippen molar-refractivity contribution in [2.75, 3.05) is 0 Å². The molecule has 0 atom stereocenters. The zero-order chi connectivity index (χ0) is 18.7. The molecular formula is C22H28BNO2. The Hall–Kier alpha value is -1.65. The van der Waals surface area contributed by atoms with Gasteiger partial charge in [0.25, 0.3) is 0 Å². The van der Waals surface area contributed by atoms with E-state index >= 15 is 0 Å². The monoisotopic (exact) mass is 349 g/mol. The molecule has 0 N–H and O–H groups in total. The first-order chi connectivity index (χ1) is 12.1. The van der Waals surface area contributed by atoms with Gasteiger partial charge in [0, 0.05) is 17.2 Å². The normalized spacial score (nSPS) is 22.5. The van der Waals surface area contributed by atoms with Gasteiger partial charge in [0.15, 0.2) is 0 Å². The van der Waals surface area contributed by atoms with Crippen LogP contribution in [0.5, 0.6) is 0 Å². The summed E-state index contributed by atoms with van der Waals surface area (Å²) in [6, 6.07) is 10.9. The minimum atomic E-state index is -0.359. The fourth-order valence-corrected chi connectivity index (χ4v) is 3.91. The maximum atomic E-state index is 6.12. The molecule has 0 amide bonds. The number of benzene rings is 1. The number of hydrogen-bond donors (Lipinski definition) is 0. The molecule has 0 radical (unpaired) electrons. The van der Waals surface area contributed by atoms with Gasteiger partial charge in [0.1, 0.15) is 0 Å². The molecule has 2 aromatic rings. The van der Waals surface area contributed by atoms with Crippen molar-refractivity contribution in [3.8, 4) is 11.3 Å². The molecule has 0 unspecified atom stereocenters. The highest BCUT2D eigenvalue weighted by atomic mass is 16.7. The Balaban J connectivity index is 1.57. The van der Waals surface area contributed by atoms with Gasteiger partial charge in [-0.2, -0.15) is 0 Å². The van der Waals surface area contributed by atoms with Crippen LogP contribution in [0.3, 0.4) is 0 Å². The van der Waals surface area contributed by atoms with Crippen molar-refractivity contribution in [2.45, 2.75) is 65.6 Å². The predicted octanol–water partition coefficient (Wildman–Crippen LogP) is 4.17. The lowest BCUT2D eigenvalue weighted by molar-refractivity contribution is 0.00578. The van der Waals surface area contributed by atoms with E-state index in [4.69, 9.17) is 14.3 Å². The molecule has 1 fully saturated rings. The third-order valence-corrected chi connectivity index (χ3v) is 6.15. The first-order valence-corrected chi connectivity index (χ1v) is 9.50. The van der Waals surface area contributed by atoms with E-state index in [1.54, 1.807) is 0 Å². The molecule has 1 aliphatic heterocycles. The van der Waals surface area contributed by atoms with Gasteiger partial charge in [-0.15, -0.1) is 0 Å². The zero-order valence-corrected chi connectivity index (χ0v) is 16.7. The second-order valence-electron chi connectivity index (χ2n) is 9.57. The largest absolute Gasteiger partial charge is 0.496 e. The van der Waals surface area contributed by atoms with E-state index in [1.165, 1.54) is 16.7 Å². The highest BCUT2D eigenvalue weighted by Crippen LogP contribution is 2.38. The highest BCUT2D eigenvalue weighted by Gasteiger charge is 2.51. The molecule has 26 heavy (non-hydrogen) atoms. The van der Waals surface area contributed by atoms with Crippen molar-refractivity contribution in [3.05, 3.63) is 47.7 Å². The van der Waals surface area contributed by atoms with E-state index in [0.29, 0.717) is 5.41 Å². The van der Waals surface area contributed by atoms with Crippen molar-refractivity contribution in [1.82, 2.24) is 4.98 Å². The van der Waals surface area contributed by atoms with Gasteiger partial charge in [-0.1, -0.05) is 32.0 Å². The number of pyridine rings is 1. The van der Waals surface area contributed by atoms with Crippen molar-refractivity contribution >= 4 is 12.6 Å². The summed E-state index contributed by atoms with van der Waals surface area (Å²) in [5.41, 5.74) is 5.80. The van der Waals surface area contributed by atoms with E-state index in [9.17, 15) is 0 Å². The smallest absolute Gasteiger partial charge is 0.399 e. The number of hydrogen-bond acceptors (Lipinski definition) is 3. The standard InChI is InChI=1S/C22H28BNO2/c1-20(2)12-16-8-7-15(11-17(16)13-20)19-10-9-18(14-24-19)23-25-21(3,4)22(5,6)26-23/h7-11,14H,12-13H2,1-6H3. The number of rotatable bonds is 2. The predicted molar refractivity (Wildman–Crippen MR) is 107 cm³/mol. The summed E-state index contributed by atoms with van der Waals surface area (Å²) in [5, 5.41) is 0. The molecule has 136 valence electrons. The van der Waals surface area contributed by atoms with Crippen LogP contribution >= 0.6 is 0 Å². The Bertz CT molecular complexity index is 824. The van der Waals surface area contributed by atoms with Crippen LogP contribution in [-0.2, 0) is 22.2 Å². The summed E-state index contributed by atoms with van der Waals surface area (Å²) in [6.45, 7) is 13.0. The maximum Gasteiger partial charge on any atom is 0.496 e. The van der Waals surface area contributed by atoms with Gasteiger partial charge in [-0.05, 0) is 69.2 Å². The Morgan fingerprint density at radius 2 is 1.50 bits per heavy atom. The third-order valence-electron chi connectivity index (χ3n) is 6.15. The molecule has 1 aliphatic carbocycles. The summed E-state index contributed by atoms with van der Waals surface area (Å²) in [7, 11) is -0.359. The average molecular weight is 349 g/mol. The van der Waals surface area contributed by atoms with Crippen LogP contribution in [0.2, 0.25) is 0 Å². The van der Waals surface area contributed by atoms with Crippen LogP contribution in [0.4, 0.5) is 0 Å². The molecule has 3 nitrogen and oxygen atoms in total. The molecule has 4 rings (SSSR count). The Morgan fingerprint density at radius 3 is 2.12 bits per heavy atom. The summed E-state index contributed by atoms with van der Waals surface area (Å²) >= 11 is 0. The van der Waals surface area contributed by atoms with Crippen molar-refractivity contribution in [1.29, 1.82) is 0 Å². The van der Waals surface area contributed by atoms with Gasteiger partial charge in [0.2, 0.25) is 0 Å². The van der Waals surface area contributed by atoms with E-state index in [0.717, 1.165) is 24.0 Å². The highest BCUT2D eigenvalue weighted by molar-refractivity contribution is 6.62. The van der Waals surface area contributed by atoms with Crippen molar-refractivity contribution in [3.63, 3.8) is 0 Å². The molecule has 1 saturated heterocycles. The summed E-state index contributed by atoms with van der Waals surface area (Å²) in [5.74, 6) is 0. The van der Waals surface area contributed by atoms with Crippen LogP contribution in [-0.4, -0.2) is 23.3 Å². The Kier molecular flexibility index (Phi) is 3.87. The lowest BCUT2D eigenvalue weighted by Crippen LogP contribution is -2.41. The van der Waals surface area contributed by atoms with Gasteiger partial charge >= 0.3 is 7.12 Å². The second kappa shape index (κ2) is 5.67.